The predicted octanol–water partition coefficient (Wildman–Crippen LogP) is 1.58. The molecule has 0 spiro atoms. The molecule has 0 aliphatic heterocycles. The largest absolute Gasteiger partial charge is 0.302 e. The third-order valence-electron chi connectivity index (χ3n) is 0.440. The summed E-state index contributed by atoms with van der Waals surface area (Å²) >= 11 is 0. The minimum atomic E-state index is 0.148. The van der Waals surface area contributed by atoms with E-state index in [1.165, 1.54) is 0 Å². The van der Waals surface area contributed by atoms with Gasteiger partial charge in [0.1, 0.15) is 6.29 Å². The van der Waals surface area contributed by atoms with Crippen molar-refractivity contribution in [1.82, 2.24) is 0 Å². The van der Waals surface area contributed by atoms with Crippen molar-refractivity contribution in [2.45, 2.75) is 12.2 Å². The standard InChI is InChI=1S/C4H8OS2/c1-4(3-5)7-6-2/h3-4H,1-2H3. The van der Waals surface area contributed by atoms with Gasteiger partial charge >= 0.3 is 0 Å². The molecule has 0 aromatic carbocycles. The second kappa shape index (κ2) is 4.53. The van der Waals surface area contributed by atoms with Gasteiger partial charge in [-0.05, 0) is 13.2 Å². The molecule has 0 aromatic rings. The molecule has 42 valence electrons. The fourth-order valence-corrected chi connectivity index (χ4v) is 1.57. The van der Waals surface area contributed by atoms with Gasteiger partial charge in [0.15, 0.2) is 0 Å². The number of hydrogen-bond donors (Lipinski definition) is 0. The Morgan fingerprint density at radius 1 is 1.71 bits per heavy atom. The van der Waals surface area contributed by atoms with E-state index in [9.17, 15) is 4.79 Å². The van der Waals surface area contributed by atoms with Crippen LogP contribution in [-0.4, -0.2) is 17.8 Å². The molecule has 0 saturated carbocycles. The highest BCUT2D eigenvalue weighted by atomic mass is 33.1. The van der Waals surface area contributed by atoms with Gasteiger partial charge in [0.2, 0.25) is 0 Å². The molecule has 1 atom stereocenters. The van der Waals surface area contributed by atoms with Gasteiger partial charge < -0.3 is 4.79 Å². The van der Waals surface area contributed by atoms with Gasteiger partial charge in [-0.3, -0.25) is 0 Å². The summed E-state index contributed by atoms with van der Waals surface area (Å²) < 4.78 is 0. The SMILES string of the molecule is CSSC(C)C=O. The van der Waals surface area contributed by atoms with Gasteiger partial charge in [-0.2, -0.15) is 0 Å². The van der Waals surface area contributed by atoms with Crippen molar-refractivity contribution in [3.05, 3.63) is 0 Å². The van der Waals surface area contributed by atoms with Crippen LogP contribution in [0.15, 0.2) is 0 Å². The van der Waals surface area contributed by atoms with Gasteiger partial charge in [0.05, 0.1) is 5.25 Å². The Balaban J connectivity index is 2.98. The number of rotatable bonds is 3. The van der Waals surface area contributed by atoms with E-state index in [4.69, 9.17) is 0 Å². The van der Waals surface area contributed by atoms with Gasteiger partial charge in [0.25, 0.3) is 0 Å². The molecule has 0 fully saturated rings. The van der Waals surface area contributed by atoms with Crippen LogP contribution in [0, 0.1) is 0 Å². The summed E-state index contributed by atoms with van der Waals surface area (Å²) in [6, 6.07) is 0. The summed E-state index contributed by atoms with van der Waals surface area (Å²) in [6.07, 6.45) is 2.91. The maximum Gasteiger partial charge on any atom is 0.133 e. The molecule has 0 amide bonds. The Morgan fingerprint density at radius 3 is 2.43 bits per heavy atom. The Bertz CT molecular complexity index is 55.7. The lowest BCUT2D eigenvalue weighted by Gasteiger charge is -1.94. The maximum absolute atomic E-state index is 9.86. The van der Waals surface area contributed by atoms with Crippen LogP contribution in [0.3, 0.4) is 0 Å². The van der Waals surface area contributed by atoms with Crippen molar-refractivity contribution in [1.29, 1.82) is 0 Å². The maximum atomic E-state index is 9.86. The first kappa shape index (κ1) is 7.37. The number of hydrogen-bond acceptors (Lipinski definition) is 3. The molecule has 0 heterocycles. The first-order valence-corrected chi connectivity index (χ1v) is 4.58. The summed E-state index contributed by atoms with van der Waals surface area (Å²) in [7, 11) is 3.20. The van der Waals surface area contributed by atoms with Crippen LogP contribution in [-0.2, 0) is 4.79 Å². The normalized spacial score (nSPS) is 13.4. The fraction of sp³-hybridized carbons (Fsp3) is 0.750. The van der Waals surface area contributed by atoms with Crippen molar-refractivity contribution in [3.8, 4) is 0 Å². The first-order chi connectivity index (χ1) is 3.31. The Kier molecular flexibility index (Phi) is 4.77. The highest BCUT2D eigenvalue weighted by Gasteiger charge is 1.94. The molecule has 1 nitrogen and oxygen atoms in total. The molecule has 0 aliphatic carbocycles. The van der Waals surface area contributed by atoms with E-state index in [2.05, 4.69) is 0 Å². The summed E-state index contributed by atoms with van der Waals surface area (Å²) in [5.74, 6) is 0. The summed E-state index contributed by atoms with van der Waals surface area (Å²) in [4.78, 5) is 9.86. The molecule has 1 unspecified atom stereocenters. The zero-order valence-electron chi connectivity index (χ0n) is 4.38. The number of carbonyl (C=O) groups excluding carboxylic acids is 1. The van der Waals surface area contributed by atoms with E-state index in [0.29, 0.717) is 0 Å². The average molecular weight is 136 g/mol. The fourth-order valence-electron chi connectivity index (χ4n) is 0.174. The van der Waals surface area contributed by atoms with E-state index >= 15 is 0 Å². The molecule has 7 heavy (non-hydrogen) atoms. The van der Waals surface area contributed by atoms with Gasteiger partial charge in [0, 0.05) is 0 Å². The number of aldehydes is 1. The lowest BCUT2D eigenvalue weighted by Crippen LogP contribution is -1.91. The molecule has 0 bridgehead atoms. The molecule has 0 aromatic heterocycles. The molecule has 0 aliphatic rings. The smallest absolute Gasteiger partial charge is 0.133 e. The van der Waals surface area contributed by atoms with E-state index in [-0.39, 0.29) is 5.25 Å². The zero-order chi connectivity index (χ0) is 5.70. The molecular weight excluding hydrogens is 128 g/mol. The van der Waals surface area contributed by atoms with E-state index in [0.717, 1.165) is 6.29 Å². The summed E-state index contributed by atoms with van der Waals surface area (Å²) in [5.41, 5.74) is 0. The van der Waals surface area contributed by atoms with E-state index in [1.807, 2.05) is 13.2 Å². The van der Waals surface area contributed by atoms with Crippen LogP contribution in [0.25, 0.3) is 0 Å². The van der Waals surface area contributed by atoms with Crippen molar-refractivity contribution >= 4 is 27.9 Å². The van der Waals surface area contributed by atoms with Gasteiger partial charge in [-0.1, -0.05) is 21.6 Å². The van der Waals surface area contributed by atoms with E-state index in [1.54, 1.807) is 21.6 Å². The van der Waals surface area contributed by atoms with Crippen molar-refractivity contribution < 1.29 is 4.79 Å². The first-order valence-electron chi connectivity index (χ1n) is 1.96. The van der Waals surface area contributed by atoms with Crippen molar-refractivity contribution in [2.75, 3.05) is 6.26 Å². The average Bonchev–Trinajstić information content (AvgIpc) is 1.68. The molecule has 0 N–H and O–H groups in total. The lowest BCUT2D eigenvalue weighted by atomic mass is 10.6. The molecular formula is C4H8OS2. The molecule has 0 rings (SSSR count). The molecule has 0 saturated heterocycles. The number of carbonyl (C=O) groups is 1. The second-order valence-corrected chi connectivity index (χ2v) is 3.95. The minimum Gasteiger partial charge on any atom is -0.302 e. The predicted molar refractivity (Wildman–Crippen MR) is 36.6 cm³/mol. The topological polar surface area (TPSA) is 17.1 Å². The van der Waals surface area contributed by atoms with E-state index < -0.39 is 0 Å². The van der Waals surface area contributed by atoms with Crippen LogP contribution < -0.4 is 0 Å². The Hall–Kier alpha value is 0.370. The van der Waals surface area contributed by atoms with Crippen LogP contribution in [0.4, 0.5) is 0 Å². The minimum absolute atomic E-state index is 0.148. The third kappa shape index (κ3) is 4.22. The van der Waals surface area contributed by atoms with Crippen LogP contribution in [0.5, 0.6) is 0 Å². The lowest BCUT2D eigenvalue weighted by molar-refractivity contribution is -0.107. The van der Waals surface area contributed by atoms with Crippen LogP contribution in [0.1, 0.15) is 6.92 Å². The summed E-state index contributed by atoms with van der Waals surface area (Å²) in [5, 5.41) is 0.148. The third-order valence-corrected chi connectivity index (χ3v) is 2.53. The molecule has 3 heteroatoms. The van der Waals surface area contributed by atoms with Gasteiger partial charge in [-0.25, -0.2) is 0 Å². The van der Waals surface area contributed by atoms with Crippen LogP contribution in [0.2, 0.25) is 0 Å². The second-order valence-electron chi connectivity index (χ2n) is 1.10. The Morgan fingerprint density at radius 2 is 2.29 bits per heavy atom. The molecule has 0 radical (unpaired) electrons. The van der Waals surface area contributed by atoms with Crippen LogP contribution >= 0.6 is 21.6 Å². The van der Waals surface area contributed by atoms with Crippen molar-refractivity contribution in [2.24, 2.45) is 0 Å². The van der Waals surface area contributed by atoms with Crippen molar-refractivity contribution in [3.63, 3.8) is 0 Å². The highest BCUT2D eigenvalue weighted by Crippen LogP contribution is 2.20. The van der Waals surface area contributed by atoms with Gasteiger partial charge in [-0.15, -0.1) is 0 Å². The highest BCUT2D eigenvalue weighted by molar-refractivity contribution is 8.76. The quantitative estimate of drug-likeness (QED) is 0.433. The Labute approximate surface area is 51.6 Å². The monoisotopic (exact) mass is 136 g/mol. The zero-order valence-corrected chi connectivity index (χ0v) is 6.01. The summed E-state index contributed by atoms with van der Waals surface area (Å²) in [6.45, 7) is 1.88.